The smallest absolute Gasteiger partial charge is 0.0162 e. The van der Waals surface area contributed by atoms with Gasteiger partial charge in [0.05, 0.1) is 0 Å². The summed E-state index contributed by atoms with van der Waals surface area (Å²) in [4.78, 5) is 0. The van der Waals surface area contributed by atoms with E-state index < -0.39 is 0 Å². The molecule has 0 N–H and O–H groups in total. The van der Waals surface area contributed by atoms with Crippen molar-refractivity contribution >= 4 is 0 Å². The van der Waals surface area contributed by atoms with Crippen LogP contribution >= 0.6 is 0 Å². The van der Waals surface area contributed by atoms with Crippen LogP contribution in [0.2, 0.25) is 0 Å². The summed E-state index contributed by atoms with van der Waals surface area (Å²) in [5, 5.41) is 0. The monoisotopic (exact) mass is 444 g/mol. The van der Waals surface area contributed by atoms with E-state index in [0.717, 1.165) is 29.6 Å². The SMILES string of the molecule is C.CC(C)CCCCC(CCCCC(C)C)c1cc(CCC(C)C)cc(CCC(C)C)c1. The maximum absolute atomic E-state index is 2.59. The van der Waals surface area contributed by atoms with E-state index in [0.29, 0.717) is 0 Å². The van der Waals surface area contributed by atoms with Crippen molar-refractivity contribution in [2.75, 3.05) is 0 Å². The van der Waals surface area contributed by atoms with Crippen molar-refractivity contribution in [2.24, 2.45) is 23.7 Å². The van der Waals surface area contributed by atoms with Crippen molar-refractivity contribution < 1.29 is 0 Å². The first kappa shape index (κ1) is 31.2. The molecule has 0 saturated heterocycles. The summed E-state index contributed by atoms with van der Waals surface area (Å²) in [6.07, 6.45) is 16.2. The Morgan fingerprint density at radius 1 is 0.469 bits per heavy atom. The van der Waals surface area contributed by atoms with E-state index in [-0.39, 0.29) is 7.43 Å². The second-order valence-corrected chi connectivity index (χ2v) is 12.0. The molecular weight excluding hydrogens is 384 g/mol. The first-order chi connectivity index (χ1) is 14.7. The lowest BCUT2D eigenvalue weighted by Crippen LogP contribution is -2.04. The van der Waals surface area contributed by atoms with Crippen molar-refractivity contribution in [3.63, 3.8) is 0 Å². The molecule has 0 bridgehead atoms. The summed E-state index contributed by atoms with van der Waals surface area (Å²) in [6.45, 7) is 18.9. The van der Waals surface area contributed by atoms with Gasteiger partial charge in [-0.3, -0.25) is 0 Å². The van der Waals surface area contributed by atoms with E-state index in [9.17, 15) is 0 Å². The Balaban J connectivity index is 0.00000961. The fourth-order valence-corrected chi connectivity index (χ4v) is 4.59. The van der Waals surface area contributed by atoms with Crippen molar-refractivity contribution in [3.8, 4) is 0 Å². The predicted octanol–water partition coefficient (Wildman–Crippen LogP) is 11.0. The van der Waals surface area contributed by atoms with Crippen LogP contribution in [0.15, 0.2) is 18.2 Å². The molecule has 0 unspecified atom stereocenters. The van der Waals surface area contributed by atoms with Gasteiger partial charge < -0.3 is 0 Å². The Kier molecular flexibility index (Phi) is 17.2. The average molecular weight is 445 g/mol. The number of aryl methyl sites for hydroxylation is 2. The van der Waals surface area contributed by atoms with Gasteiger partial charge in [0, 0.05) is 0 Å². The van der Waals surface area contributed by atoms with E-state index >= 15 is 0 Å². The Morgan fingerprint density at radius 2 is 0.812 bits per heavy atom. The van der Waals surface area contributed by atoms with Crippen molar-refractivity contribution in [3.05, 3.63) is 34.9 Å². The van der Waals surface area contributed by atoms with Crippen LogP contribution in [-0.2, 0) is 12.8 Å². The van der Waals surface area contributed by atoms with Crippen molar-refractivity contribution in [2.45, 2.75) is 146 Å². The molecule has 188 valence electrons. The normalized spacial score (nSPS) is 11.9. The van der Waals surface area contributed by atoms with Gasteiger partial charge in [-0.1, -0.05) is 120 Å². The summed E-state index contributed by atoms with van der Waals surface area (Å²) in [5.74, 6) is 4.00. The maximum Gasteiger partial charge on any atom is -0.0162 e. The number of rotatable bonds is 17. The van der Waals surface area contributed by atoms with Gasteiger partial charge in [-0.25, -0.2) is 0 Å². The first-order valence-corrected chi connectivity index (χ1v) is 13.8. The summed E-state index contributed by atoms with van der Waals surface area (Å²) in [6, 6.07) is 7.72. The number of benzene rings is 1. The minimum atomic E-state index is 0. The van der Waals surface area contributed by atoms with E-state index in [1.54, 1.807) is 16.7 Å². The van der Waals surface area contributed by atoms with Gasteiger partial charge in [0.2, 0.25) is 0 Å². The standard InChI is InChI=1S/C31H56.CH4/c1-24(2)13-9-11-15-30(16-12-10-14-25(3)4)31-22-28(19-17-26(5)6)21-29(23-31)20-18-27(7)8;/h21-27,30H,9-20H2,1-8H3;1H4. The number of unbranched alkanes of at least 4 members (excludes halogenated alkanes) is 2. The molecule has 0 aliphatic rings. The van der Waals surface area contributed by atoms with Crippen LogP contribution < -0.4 is 0 Å². The highest BCUT2D eigenvalue weighted by molar-refractivity contribution is 5.33. The van der Waals surface area contributed by atoms with E-state index in [1.807, 2.05) is 0 Å². The highest BCUT2D eigenvalue weighted by Gasteiger charge is 2.14. The van der Waals surface area contributed by atoms with Crippen LogP contribution in [0.5, 0.6) is 0 Å². The number of hydrogen-bond donors (Lipinski definition) is 0. The molecule has 0 heterocycles. The molecule has 1 rings (SSSR count). The highest BCUT2D eigenvalue weighted by Crippen LogP contribution is 2.31. The third-order valence-electron chi connectivity index (χ3n) is 6.74. The van der Waals surface area contributed by atoms with Crippen molar-refractivity contribution in [1.29, 1.82) is 0 Å². The fraction of sp³-hybridized carbons (Fsp3) is 0.812. The number of hydrogen-bond acceptors (Lipinski definition) is 0. The second-order valence-electron chi connectivity index (χ2n) is 12.0. The third kappa shape index (κ3) is 15.1. The summed E-state index contributed by atoms with van der Waals surface area (Å²) >= 11 is 0. The van der Waals surface area contributed by atoms with Gasteiger partial charge in [-0.05, 0) is 84.8 Å². The molecule has 0 fully saturated rings. The molecule has 0 nitrogen and oxygen atoms in total. The summed E-state index contributed by atoms with van der Waals surface area (Å²) in [5.41, 5.74) is 4.85. The Morgan fingerprint density at radius 3 is 1.16 bits per heavy atom. The summed E-state index contributed by atoms with van der Waals surface area (Å²) < 4.78 is 0. The van der Waals surface area contributed by atoms with Crippen LogP contribution in [0.4, 0.5) is 0 Å². The van der Waals surface area contributed by atoms with Crippen LogP contribution in [0, 0.1) is 23.7 Å². The Hall–Kier alpha value is -0.780. The largest absolute Gasteiger partial charge is 0.0776 e. The lowest BCUT2D eigenvalue weighted by Gasteiger charge is -2.21. The minimum absolute atomic E-state index is 0. The third-order valence-corrected chi connectivity index (χ3v) is 6.74. The van der Waals surface area contributed by atoms with Gasteiger partial charge in [0.25, 0.3) is 0 Å². The van der Waals surface area contributed by atoms with Gasteiger partial charge >= 0.3 is 0 Å². The molecule has 0 amide bonds. The minimum Gasteiger partial charge on any atom is -0.0776 e. The Labute approximate surface area is 204 Å². The molecule has 0 saturated carbocycles. The molecule has 0 aromatic heterocycles. The zero-order chi connectivity index (χ0) is 23.2. The molecular formula is C32H60. The van der Waals surface area contributed by atoms with Crippen molar-refractivity contribution in [1.82, 2.24) is 0 Å². The lowest BCUT2D eigenvalue weighted by molar-refractivity contribution is 0.458. The van der Waals surface area contributed by atoms with E-state index in [1.165, 1.54) is 77.0 Å². The highest BCUT2D eigenvalue weighted by atomic mass is 14.2. The Bertz CT molecular complexity index is 517. The molecule has 1 aromatic carbocycles. The molecule has 0 atom stereocenters. The second kappa shape index (κ2) is 17.7. The zero-order valence-corrected chi connectivity index (χ0v) is 22.6. The lowest BCUT2D eigenvalue weighted by atomic mass is 9.84. The van der Waals surface area contributed by atoms with Crippen LogP contribution in [0.1, 0.15) is 150 Å². The van der Waals surface area contributed by atoms with Gasteiger partial charge in [-0.2, -0.15) is 0 Å². The quantitative estimate of drug-likeness (QED) is 0.209. The molecule has 1 aromatic rings. The predicted molar refractivity (Wildman–Crippen MR) is 149 cm³/mol. The topological polar surface area (TPSA) is 0 Å². The molecule has 0 aliphatic heterocycles. The van der Waals surface area contributed by atoms with Crippen LogP contribution in [-0.4, -0.2) is 0 Å². The van der Waals surface area contributed by atoms with E-state index in [4.69, 9.17) is 0 Å². The van der Waals surface area contributed by atoms with Gasteiger partial charge in [-0.15, -0.1) is 0 Å². The first-order valence-electron chi connectivity index (χ1n) is 13.8. The molecule has 32 heavy (non-hydrogen) atoms. The van der Waals surface area contributed by atoms with E-state index in [2.05, 4.69) is 73.6 Å². The molecule has 0 radical (unpaired) electrons. The van der Waals surface area contributed by atoms with Crippen LogP contribution in [0.3, 0.4) is 0 Å². The van der Waals surface area contributed by atoms with Gasteiger partial charge in [0.15, 0.2) is 0 Å². The molecule has 0 spiro atoms. The average Bonchev–Trinajstić information content (AvgIpc) is 2.69. The van der Waals surface area contributed by atoms with Gasteiger partial charge in [0.1, 0.15) is 0 Å². The molecule has 0 aliphatic carbocycles. The molecule has 0 heteroatoms. The summed E-state index contributed by atoms with van der Waals surface area (Å²) in [7, 11) is 0. The maximum atomic E-state index is 2.59. The van der Waals surface area contributed by atoms with Crippen LogP contribution in [0.25, 0.3) is 0 Å². The zero-order valence-electron chi connectivity index (χ0n) is 22.6. The fourth-order valence-electron chi connectivity index (χ4n) is 4.59.